The summed E-state index contributed by atoms with van der Waals surface area (Å²) in [6.07, 6.45) is 0. The van der Waals surface area contributed by atoms with Crippen LogP contribution in [0.25, 0.3) is 0 Å². The van der Waals surface area contributed by atoms with E-state index in [1.165, 1.54) is 16.3 Å². The summed E-state index contributed by atoms with van der Waals surface area (Å²) < 4.78 is 14.2. The maximum Gasteiger partial charge on any atom is 0.123 e. The molecule has 84 valence electrons. The molecule has 0 fully saturated rings. The summed E-state index contributed by atoms with van der Waals surface area (Å²) in [6, 6.07) is 10.4. The molecule has 0 aliphatic carbocycles. The van der Waals surface area contributed by atoms with Crippen LogP contribution in [0.5, 0.6) is 0 Å². The van der Waals surface area contributed by atoms with Crippen LogP contribution in [0, 0.1) is 5.82 Å². The molecule has 4 heteroatoms. The van der Waals surface area contributed by atoms with Crippen LogP contribution < -0.4 is 5.73 Å². The molecular weight excluding hydrogens is 241 g/mol. The highest BCUT2D eigenvalue weighted by Crippen LogP contribution is 2.27. The second-order valence-corrected chi connectivity index (χ2v) is 5.67. The fourth-order valence-corrected chi connectivity index (χ4v) is 3.15. The molecule has 0 saturated carbocycles. The Kier molecular flexibility index (Phi) is 3.98. The predicted molar refractivity (Wildman–Crippen MR) is 68.4 cm³/mol. The molecule has 2 rings (SSSR count). The fraction of sp³-hybridized carbons (Fsp3) is 0.167. The molecule has 0 radical (unpaired) electrons. The van der Waals surface area contributed by atoms with E-state index in [0.29, 0.717) is 0 Å². The average Bonchev–Trinajstić information content (AvgIpc) is 2.78. The van der Waals surface area contributed by atoms with E-state index in [9.17, 15) is 4.39 Å². The number of benzene rings is 1. The Balaban J connectivity index is 1.95. The Morgan fingerprint density at radius 1 is 1.31 bits per heavy atom. The zero-order valence-corrected chi connectivity index (χ0v) is 10.2. The molecular formula is C12H12FNS2. The molecule has 2 N–H and O–H groups in total. The highest BCUT2D eigenvalue weighted by molar-refractivity contribution is 8.01. The van der Waals surface area contributed by atoms with E-state index < -0.39 is 0 Å². The minimum atomic E-state index is -0.228. The van der Waals surface area contributed by atoms with E-state index in [0.717, 1.165) is 11.3 Å². The molecule has 1 aromatic carbocycles. The van der Waals surface area contributed by atoms with Gasteiger partial charge in [0.15, 0.2) is 0 Å². The third-order valence-electron chi connectivity index (χ3n) is 2.18. The van der Waals surface area contributed by atoms with Crippen molar-refractivity contribution in [3.05, 3.63) is 53.2 Å². The average molecular weight is 253 g/mol. The predicted octanol–water partition coefficient (Wildman–Crippen LogP) is 3.68. The molecule has 1 heterocycles. The van der Waals surface area contributed by atoms with Crippen LogP contribution >= 0.6 is 23.1 Å². The summed E-state index contributed by atoms with van der Waals surface area (Å²) >= 11 is 3.40. The molecule has 0 aliphatic rings. The van der Waals surface area contributed by atoms with E-state index in [-0.39, 0.29) is 11.9 Å². The van der Waals surface area contributed by atoms with Crippen LogP contribution in [-0.4, -0.2) is 5.75 Å². The third-order valence-corrected chi connectivity index (χ3v) is 4.43. The van der Waals surface area contributed by atoms with Crippen LogP contribution in [0.4, 0.5) is 4.39 Å². The molecule has 0 amide bonds. The number of thiophene rings is 1. The van der Waals surface area contributed by atoms with Crippen molar-refractivity contribution in [1.82, 2.24) is 0 Å². The maximum absolute atomic E-state index is 13.0. The van der Waals surface area contributed by atoms with Crippen LogP contribution in [0.3, 0.4) is 0 Å². The van der Waals surface area contributed by atoms with Crippen molar-refractivity contribution in [2.24, 2.45) is 5.73 Å². The molecule has 0 saturated heterocycles. The zero-order chi connectivity index (χ0) is 11.4. The highest BCUT2D eigenvalue weighted by atomic mass is 32.2. The van der Waals surface area contributed by atoms with Crippen molar-refractivity contribution in [3.8, 4) is 0 Å². The van der Waals surface area contributed by atoms with Crippen molar-refractivity contribution in [3.63, 3.8) is 0 Å². The Bertz CT molecular complexity index is 442. The Hall–Kier alpha value is -0.840. The van der Waals surface area contributed by atoms with Gasteiger partial charge in [-0.2, -0.15) is 0 Å². The van der Waals surface area contributed by atoms with E-state index in [1.54, 1.807) is 29.2 Å². The summed E-state index contributed by atoms with van der Waals surface area (Å²) in [5.41, 5.74) is 6.85. The van der Waals surface area contributed by atoms with Crippen LogP contribution in [-0.2, 0) is 0 Å². The lowest BCUT2D eigenvalue weighted by molar-refractivity contribution is 0.622. The van der Waals surface area contributed by atoms with Crippen molar-refractivity contribution < 1.29 is 4.39 Å². The Morgan fingerprint density at radius 3 is 2.88 bits per heavy atom. The van der Waals surface area contributed by atoms with Crippen molar-refractivity contribution >= 4 is 23.1 Å². The largest absolute Gasteiger partial charge is 0.323 e. The molecule has 1 atom stereocenters. The standard InChI is InChI=1S/C12H12FNS2/c13-10-4-1-3-9(7-10)11(14)8-16-12-5-2-6-15-12/h1-7,11H,8,14H2. The summed E-state index contributed by atoms with van der Waals surface area (Å²) in [6.45, 7) is 0. The van der Waals surface area contributed by atoms with Gasteiger partial charge in [-0.1, -0.05) is 18.2 Å². The summed E-state index contributed by atoms with van der Waals surface area (Å²) in [5.74, 6) is 0.540. The first kappa shape index (κ1) is 11.6. The number of hydrogen-bond acceptors (Lipinski definition) is 3. The SMILES string of the molecule is NC(CSc1cccs1)c1cccc(F)c1. The second-order valence-electron chi connectivity index (χ2n) is 3.40. The lowest BCUT2D eigenvalue weighted by Crippen LogP contribution is -2.12. The van der Waals surface area contributed by atoms with Crippen LogP contribution in [0.2, 0.25) is 0 Å². The molecule has 1 nitrogen and oxygen atoms in total. The topological polar surface area (TPSA) is 26.0 Å². The highest BCUT2D eigenvalue weighted by Gasteiger charge is 2.07. The van der Waals surface area contributed by atoms with Gasteiger partial charge in [-0.3, -0.25) is 0 Å². The van der Waals surface area contributed by atoms with E-state index in [1.807, 2.05) is 17.5 Å². The first-order chi connectivity index (χ1) is 7.75. The van der Waals surface area contributed by atoms with Gasteiger partial charge in [0, 0.05) is 11.8 Å². The van der Waals surface area contributed by atoms with Gasteiger partial charge < -0.3 is 5.73 Å². The van der Waals surface area contributed by atoms with Gasteiger partial charge in [-0.15, -0.1) is 23.1 Å². The Labute approximate surface area is 102 Å². The molecule has 2 aromatic rings. The lowest BCUT2D eigenvalue weighted by atomic mass is 10.1. The van der Waals surface area contributed by atoms with Gasteiger partial charge in [0.25, 0.3) is 0 Å². The summed E-state index contributed by atoms with van der Waals surface area (Å²) in [5, 5.41) is 2.04. The van der Waals surface area contributed by atoms with Crippen molar-refractivity contribution in [1.29, 1.82) is 0 Å². The number of rotatable bonds is 4. The van der Waals surface area contributed by atoms with E-state index in [2.05, 4.69) is 6.07 Å². The summed E-state index contributed by atoms with van der Waals surface area (Å²) in [4.78, 5) is 0. The molecule has 0 bridgehead atoms. The minimum absolute atomic E-state index is 0.122. The number of hydrogen-bond donors (Lipinski definition) is 1. The molecule has 1 aromatic heterocycles. The maximum atomic E-state index is 13.0. The minimum Gasteiger partial charge on any atom is -0.323 e. The first-order valence-electron chi connectivity index (χ1n) is 4.93. The van der Waals surface area contributed by atoms with Gasteiger partial charge in [0.1, 0.15) is 5.82 Å². The Morgan fingerprint density at radius 2 is 2.19 bits per heavy atom. The van der Waals surface area contributed by atoms with Crippen molar-refractivity contribution in [2.45, 2.75) is 10.3 Å². The monoisotopic (exact) mass is 253 g/mol. The quantitative estimate of drug-likeness (QED) is 0.841. The number of halogens is 1. The van der Waals surface area contributed by atoms with E-state index >= 15 is 0 Å². The smallest absolute Gasteiger partial charge is 0.123 e. The lowest BCUT2D eigenvalue weighted by Gasteiger charge is -2.10. The molecule has 0 spiro atoms. The second kappa shape index (κ2) is 5.48. The number of thioether (sulfide) groups is 1. The molecule has 1 unspecified atom stereocenters. The zero-order valence-electron chi connectivity index (χ0n) is 8.60. The van der Waals surface area contributed by atoms with Crippen molar-refractivity contribution in [2.75, 3.05) is 5.75 Å². The van der Waals surface area contributed by atoms with E-state index in [4.69, 9.17) is 5.73 Å². The summed E-state index contributed by atoms with van der Waals surface area (Å²) in [7, 11) is 0. The van der Waals surface area contributed by atoms with Crippen LogP contribution in [0.1, 0.15) is 11.6 Å². The van der Waals surface area contributed by atoms with Gasteiger partial charge >= 0.3 is 0 Å². The molecule has 0 aliphatic heterocycles. The third kappa shape index (κ3) is 3.07. The number of nitrogens with two attached hydrogens (primary N) is 1. The van der Waals surface area contributed by atoms with Gasteiger partial charge in [-0.05, 0) is 29.1 Å². The van der Waals surface area contributed by atoms with Gasteiger partial charge in [0.2, 0.25) is 0 Å². The van der Waals surface area contributed by atoms with Gasteiger partial charge in [-0.25, -0.2) is 4.39 Å². The van der Waals surface area contributed by atoms with Gasteiger partial charge in [0.05, 0.1) is 4.21 Å². The normalized spacial score (nSPS) is 12.6. The molecule has 16 heavy (non-hydrogen) atoms. The fourth-order valence-electron chi connectivity index (χ4n) is 1.35. The first-order valence-corrected chi connectivity index (χ1v) is 6.79. The van der Waals surface area contributed by atoms with Crippen LogP contribution in [0.15, 0.2) is 46.0 Å².